The van der Waals surface area contributed by atoms with Crippen LogP contribution in [0.5, 0.6) is 0 Å². The van der Waals surface area contributed by atoms with Crippen LogP contribution < -0.4 is 11.1 Å². The van der Waals surface area contributed by atoms with E-state index in [1.54, 1.807) is 19.3 Å². The Morgan fingerprint density at radius 1 is 1.56 bits per heavy atom. The lowest BCUT2D eigenvalue weighted by Crippen LogP contribution is -2.47. The molecule has 4 N–H and O–H groups in total. The van der Waals surface area contributed by atoms with Crippen LogP contribution in [-0.4, -0.2) is 21.9 Å². The highest BCUT2D eigenvalue weighted by atomic mass is 16.4. The molecule has 6 nitrogen and oxygen atoms in total. The Bertz CT molecular complexity index is 433. The Morgan fingerprint density at radius 2 is 2.17 bits per heavy atom. The summed E-state index contributed by atoms with van der Waals surface area (Å²) >= 11 is 0. The molecule has 0 aromatic carbocycles. The normalized spacial score (nSPS) is 14.9. The summed E-state index contributed by atoms with van der Waals surface area (Å²) in [6.45, 7) is 3.84. The van der Waals surface area contributed by atoms with Crippen molar-refractivity contribution in [3.8, 4) is 0 Å². The Morgan fingerprint density at radius 3 is 2.67 bits per heavy atom. The first-order chi connectivity index (χ1) is 8.54. The molecule has 1 unspecified atom stereocenters. The summed E-state index contributed by atoms with van der Waals surface area (Å²) in [6, 6.07) is 3.63. The van der Waals surface area contributed by atoms with Crippen molar-refractivity contribution in [3.05, 3.63) is 30.1 Å². The first-order valence-corrected chi connectivity index (χ1v) is 5.69. The van der Waals surface area contributed by atoms with Gasteiger partial charge in [-0.25, -0.2) is 0 Å². The zero-order valence-electron chi connectivity index (χ0n) is 10.6. The summed E-state index contributed by atoms with van der Waals surface area (Å²) < 4.78 is 0. The van der Waals surface area contributed by atoms with Crippen molar-refractivity contribution in [1.82, 2.24) is 10.3 Å². The number of oxime groups is 1. The summed E-state index contributed by atoms with van der Waals surface area (Å²) in [7, 11) is 0. The number of nitrogens with zero attached hydrogens (tertiary/aromatic N) is 2. The number of carbonyl (C=O) groups excluding carboxylic acids is 1. The number of rotatable bonds is 5. The van der Waals surface area contributed by atoms with Crippen LogP contribution >= 0.6 is 0 Å². The molecule has 1 atom stereocenters. The molecule has 6 heteroatoms. The minimum Gasteiger partial charge on any atom is -0.409 e. The number of aromatic nitrogens is 1. The molecular weight excluding hydrogens is 232 g/mol. The van der Waals surface area contributed by atoms with Crippen molar-refractivity contribution in [2.45, 2.75) is 26.8 Å². The number of hydrogen-bond donors (Lipinski definition) is 3. The second-order valence-corrected chi connectivity index (χ2v) is 4.21. The Hall–Kier alpha value is -2.11. The van der Waals surface area contributed by atoms with Gasteiger partial charge in [-0.1, -0.05) is 12.1 Å². The smallest absolute Gasteiger partial charge is 0.233 e. The van der Waals surface area contributed by atoms with Gasteiger partial charge in [0, 0.05) is 18.9 Å². The quantitative estimate of drug-likeness (QED) is 0.312. The Labute approximate surface area is 106 Å². The highest BCUT2D eigenvalue weighted by Crippen LogP contribution is 2.21. The van der Waals surface area contributed by atoms with Gasteiger partial charge in [0.05, 0.1) is 0 Å². The lowest BCUT2D eigenvalue weighted by Gasteiger charge is -2.25. The molecule has 0 fully saturated rings. The van der Waals surface area contributed by atoms with Crippen LogP contribution in [0.15, 0.2) is 29.7 Å². The number of amidine groups is 1. The number of pyridine rings is 1. The summed E-state index contributed by atoms with van der Waals surface area (Å²) in [5.74, 6) is -0.352. The van der Waals surface area contributed by atoms with Crippen molar-refractivity contribution in [2.24, 2.45) is 16.3 Å². The molecule has 0 bridgehead atoms. The minimum absolute atomic E-state index is 0.0859. The van der Waals surface area contributed by atoms with E-state index in [0.29, 0.717) is 13.0 Å². The molecule has 1 aromatic heterocycles. The molecule has 18 heavy (non-hydrogen) atoms. The highest BCUT2D eigenvalue weighted by Gasteiger charge is 2.36. The van der Waals surface area contributed by atoms with Crippen molar-refractivity contribution in [2.75, 3.05) is 0 Å². The summed E-state index contributed by atoms with van der Waals surface area (Å²) in [4.78, 5) is 16.0. The van der Waals surface area contributed by atoms with Gasteiger partial charge in [-0.3, -0.25) is 9.78 Å². The average Bonchev–Trinajstić information content (AvgIpc) is 2.43. The van der Waals surface area contributed by atoms with E-state index in [1.165, 1.54) is 0 Å². The summed E-state index contributed by atoms with van der Waals surface area (Å²) in [5, 5.41) is 14.4. The van der Waals surface area contributed by atoms with Crippen LogP contribution in [-0.2, 0) is 11.3 Å². The van der Waals surface area contributed by atoms with E-state index in [-0.39, 0.29) is 11.7 Å². The molecule has 1 rings (SSSR count). The van der Waals surface area contributed by atoms with Gasteiger partial charge < -0.3 is 16.3 Å². The lowest BCUT2D eigenvalue weighted by atomic mass is 9.85. The fraction of sp³-hybridized carbons (Fsp3) is 0.417. The Balaban J connectivity index is 2.70. The van der Waals surface area contributed by atoms with Gasteiger partial charge in [0.1, 0.15) is 5.41 Å². The molecule has 0 radical (unpaired) electrons. The van der Waals surface area contributed by atoms with E-state index in [1.807, 2.05) is 19.1 Å². The number of carbonyl (C=O) groups is 1. The zero-order valence-corrected chi connectivity index (χ0v) is 10.6. The fourth-order valence-corrected chi connectivity index (χ4v) is 1.45. The molecule has 0 saturated carbocycles. The monoisotopic (exact) mass is 250 g/mol. The maximum atomic E-state index is 12.1. The fourth-order valence-electron chi connectivity index (χ4n) is 1.45. The maximum absolute atomic E-state index is 12.1. The van der Waals surface area contributed by atoms with E-state index in [2.05, 4.69) is 15.5 Å². The van der Waals surface area contributed by atoms with Crippen molar-refractivity contribution < 1.29 is 10.0 Å². The van der Waals surface area contributed by atoms with Gasteiger partial charge in [0.25, 0.3) is 0 Å². The van der Waals surface area contributed by atoms with Gasteiger partial charge in [-0.05, 0) is 31.0 Å². The van der Waals surface area contributed by atoms with Crippen LogP contribution in [0.3, 0.4) is 0 Å². The molecule has 1 amide bonds. The molecular formula is C12H18N4O2. The van der Waals surface area contributed by atoms with E-state index in [4.69, 9.17) is 10.9 Å². The molecule has 1 heterocycles. The largest absolute Gasteiger partial charge is 0.409 e. The maximum Gasteiger partial charge on any atom is 0.233 e. The lowest BCUT2D eigenvalue weighted by molar-refractivity contribution is -0.127. The van der Waals surface area contributed by atoms with Crippen molar-refractivity contribution in [3.63, 3.8) is 0 Å². The summed E-state index contributed by atoms with van der Waals surface area (Å²) in [6.07, 6.45) is 3.76. The van der Waals surface area contributed by atoms with Crippen molar-refractivity contribution in [1.29, 1.82) is 0 Å². The van der Waals surface area contributed by atoms with Crippen LogP contribution in [0.4, 0.5) is 0 Å². The number of nitrogens with two attached hydrogens (primary N) is 1. The zero-order chi connectivity index (χ0) is 13.6. The van der Waals surface area contributed by atoms with E-state index in [0.717, 1.165) is 5.56 Å². The van der Waals surface area contributed by atoms with Gasteiger partial charge in [0.15, 0.2) is 5.84 Å². The van der Waals surface area contributed by atoms with Crippen LogP contribution in [0.1, 0.15) is 25.8 Å². The molecule has 0 aliphatic heterocycles. The average molecular weight is 250 g/mol. The number of amides is 1. The van der Waals surface area contributed by atoms with Crippen LogP contribution in [0.25, 0.3) is 0 Å². The second-order valence-electron chi connectivity index (χ2n) is 4.21. The Kier molecular flexibility index (Phi) is 4.65. The number of hydrogen-bond acceptors (Lipinski definition) is 4. The third-order valence-corrected chi connectivity index (χ3v) is 3.08. The first-order valence-electron chi connectivity index (χ1n) is 5.69. The molecule has 98 valence electrons. The highest BCUT2D eigenvalue weighted by molar-refractivity contribution is 6.06. The second kappa shape index (κ2) is 6.00. The van der Waals surface area contributed by atoms with Crippen LogP contribution in [0, 0.1) is 5.41 Å². The standard InChI is InChI=1S/C12H18N4O2/c1-3-12(2,10(13)16-18)11(17)15-8-9-4-6-14-7-5-9/h4-7,18H,3,8H2,1-2H3,(H2,13,16)(H,15,17). The molecule has 1 aromatic rings. The molecule has 0 saturated heterocycles. The van der Waals surface area contributed by atoms with Gasteiger partial charge in [-0.2, -0.15) is 0 Å². The third kappa shape index (κ3) is 2.97. The SMILES string of the molecule is CCC(C)(C(=O)NCc1ccncc1)/C(N)=N/O. The predicted molar refractivity (Wildman–Crippen MR) is 67.9 cm³/mol. The molecule has 0 spiro atoms. The van der Waals surface area contributed by atoms with E-state index < -0.39 is 5.41 Å². The van der Waals surface area contributed by atoms with Crippen LogP contribution in [0.2, 0.25) is 0 Å². The first kappa shape index (κ1) is 14.0. The predicted octanol–water partition coefficient (Wildman–Crippen LogP) is 0.861. The van der Waals surface area contributed by atoms with Gasteiger partial charge in [-0.15, -0.1) is 0 Å². The molecule has 0 aliphatic rings. The van der Waals surface area contributed by atoms with E-state index in [9.17, 15) is 4.79 Å². The number of nitrogens with one attached hydrogen (secondary N) is 1. The molecule has 0 aliphatic carbocycles. The minimum atomic E-state index is -0.998. The van der Waals surface area contributed by atoms with Gasteiger partial charge >= 0.3 is 0 Å². The third-order valence-electron chi connectivity index (χ3n) is 3.08. The van der Waals surface area contributed by atoms with E-state index >= 15 is 0 Å². The topological polar surface area (TPSA) is 101 Å². The van der Waals surface area contributed by atoms with Gasteiger partial charge in [0.2, 0.25) is 5.91 Å². The van der Waals surface area contributed by atoms with Crippen molar-refractivity contribution >= 4 is 11.7 Å². The summed E-state index contributed by atoms with van der Waals surface area (Å²) in [5.41, 5.74) is 5.50.